The Morgan fingerprint density at radius 1 is 1.20 bits per heavy atom. The predicted molar refractivity (Wildman–Crippen MR) is 90.5 cm³/mol. The van der Waals surface area contributed by atoms with E-state index >= 15 is 0 Å². The summed E-state index contributed by atoms with van der Waals surface area (Å²) in [5.41, 5.74) is 1.40. The van der Waals surface area contributed by atoms with Gasteiger partial charge in [-0.15, -0.1) is 0 Å². The molecule has 1 saturated carbocycles. The van der Waals surface area contributed by atoms with Crippen molar-refractivity contribution >= 4 is 21.9 Å². The second-order valence-electron chi connectivity index (χ2n) is 7.12. The molecule has 3 rings (SSSR count). The number of hydrogen-bond acceptors (Lipinski definition) is 4. The predicted octanol–water partition coefficient (Wildman–Crippen LogP) is 1.13. The molecule has 1 aliphatic carbocycles. The van der Waals surface area contributed by atoms with Gasteiger partial charge in [0.15, 0.2) is 0 Å². The maximum atomic E-state index is 12.8. The van der Waals surface area contributed by atoms with E-state index in [1.807, 2.05) is 0 Å². The molecule has 136 valence electrons. The topological polar surface area (TPSA) is 118 Å². The number of carboxylic acids is 1. The summed E-state index contributed by atoms with van der Waals surface area (Å²) in [5, 5.41) is 14.7. The van der Waals surface area contributed by atoms with Crippen LogP contribution in [0, 0.1) is 31.6 Å². The van der Waals surface area contributed by atoms with Gasteiger partial charge < -0.3 is 10.0 Å². The summed E-state index contributed by atoms with van der Waals surface area (Å²) in [4.78, 5) is 25.8. The van der Waals surface area contributed by atoms with Gasteiger partial charge in [-0.25, -0.2) is 13.6 Å². The summed E-state index contributed by atoms with van der Waals surface area (Å²) in [6, 6.07) is 2.92. The molecule has 1 aliphatic heterocycles. The maximum absolute atomic E-state index is 12.8. The Bertz CT molecular complexity index is 845. The lowest BCUT2D eigenvalue weighted by atomic mass is 9.92. The van der Waals surface area contributed by atoms with Gasteiger partial charge in [-0.3, -0.25) is 9.59 Å². The van der Waals surface area contributed by atoms with Crippen molar-refractivity contribution in [3.8, 4) is 0 Å². The average molecular weight is 366 g/mol. The van der Waals surface area contributed by atoms with Crippen molar-refractivity contribution in [2.45, 2.75) is 31.6 Å². The van der Waals surface area contributed by atoms with Gasteiger partial charge in [0.2, 0.25) is 10.0 Å². The lowest BCUT2D eigenvalue weighted by molar-refractivity contribution is -0.142. The van der Waals surface area contributed by atoms with E-state index in [1.54, 1.807) is 19.9 Å². The molecule has 2 fully saturated rings. The molecule has 2 atom stereocenters. The molecule has 2 aliphatic rings. The van der Waals surface area contributed by atoms with Crippen LogP contribution in [0.15, 0.2) is 17.0 Å². The highest BCUT2D eigenvalue weighted by Crippen LogP contribution is 2.44. The van der Waals surface area contributed by atoms with Crippen LogP contribution in [0.4, 0.5) is 0 Å². The first-order valence-electron chi connectivity index (χ1n) is 8.25. The molecule has 7 nitrogen and oxygen atoms in total. The van der Waals surface area contributed by atoms with E-state index in [-0.39, 0.29) is 28.8 Å². The van der Waals surface area contributed by atoms with Gasteiger partial charge in [0, 0.05) is 18.7 Å². The zero-order valence-corrected chi connectivity index (χ0v) is 15.0. The van der Waals surface area contributed by atoms with Crippen molar-refractivity contribution in [1.29, 1.82) is 0 Å². The number of nitrogens with zero attached hydrogens (tertiary/aromatic N) is 1. The van der Waals surface area contributed by atoms with Crippen molar-refractivity contribution in [3.63, 3.8) is 0 Å². The van der Waals surface area contributed by atoms with E-state index in [1.165, 1.54) is 11.0 Å². The van der Waals surface area contributed by atoms with Crippen LogP contribution in [0.3, 0.4) is 0 Å². The van der Waals surface area contributed by atoms with Crippen LogP contribution in [0.2, 0.25) is 0 Å². The van der Waals surface area contributed by atoms with Gasteiger partial charge in [0.05, 0.1) is 10.8 Å². The lowest BCUT2D eigenvalue weighted by Gasteiger charge is -2.18. The third-order valence-corrected chi connectivity index (χ3v) is 6.41. The van der Waals surface area contributed by atoms with E-state index in [0.717, 1.165) is 12.8 Å². The van der Waals surface area contributed by atoms with Crippen molar-refractivity contribution in [2.24, 2.45) is 22.9 Å². The molecule has 1 aromatic carbocycles. The van der Waals surface area contributed by atoms with Gasteiger partial charge >= 0.3 is 5.97 Å². The fourth-order valence-electron chi connectivity index (χ4n) is 3.69. The van der Waals surface area contributed by atoms with Gasteiger partial charge in [-0.2, -0.15) is 0 Å². The van der Waals surface area contributed by atoms with Crippen molar-refractivity contribution in [1.82, 2.24) is 4.90 Å². The number of likely N-dealkylation sites (tertiary alicyclic amines) is 1. The molecular weight excluding hydrogens is 344 g/mol. The number of aliphatic carboxylic acids is 1. The molecule has 0 spiro atoms. The quantitative estimate of drug-likeness (QED) is 0.828. The summed E-state index contributed by atoms with van der Waals surface area (Å²) >= 11 is 0. The molecule has 0 aromatic heterocycles. The number of benzene rings is 1. The number of nitrogens with two attached hydrogens (primary N) is 1. The molecule has 25 heavy (non-hydrogen) atoms. The Morgan fingerprint density at radius 3 is 2.36 bits per heavy atom. The SMILES string of the molecule is Cc1cc(C(=O)N2C[C@H](C(=O)O)[C@@H](C3CC3)C2)cc(S(N)(=O)=O)c1C. The van der Waals surface area contributed by atoms with Crippen LogP contribution in [0.1, 0.15) is 34.3 Å². The molecule has 0 radical (unpaired) electrons. The summed E-state index contributed by atoms with van der Waals surface area (Å²) in [5.74, 6) is -1.43. The number of carbonyl (C=O) groups is 2. The zero-order valence-electron chi connectivity index (χ0n) is 14.2. The fourth-order valence-corrected chi connectivity index (χ4v) is 4.57. The van der Waals surface area contributed by atoms with E-state index in [2.05, 4.69) is 0 Å². The maximum Gasteiger partial charge on any atom is 0.308 e. The molecule has 1 aromatic rings. The Morgan fingerprint density at radius 2 is 1.84 bits per heavy atom. The number of rotatable bonds is 4. The molecule has 1 heterocycles. The second-order valence-corrected chi connectivity index (χ2v) is 8.65. The highest BCUT2D eigenvalue weighted by molar-refractivity contribution is 7.89. The summed E-state index contributed by atoms with van der Waals surface area (Å²) in [7, 11) is -3.94. The Kier molecular flexibility index (Phi) is 4.36. The smallest absolute Gasteiger partial charge is 0.308 e. The van der Waals surface area contributed by atoms with Crippen LogP contribution in [-0.4, -0.2) is 43.4 Å². The van der Waals surface area contributed by atoms with Crippen LogP contribution in [0.25, 0.3) is 0 Å². The first-order valence-corrected chi connectivity index (χ1v) is 9.80. The van der Waals surface area contributed by atoms with Gasteiger partial charge in [-0.1, -0.05) is 0 Å². The van der Waals surface area contributed by atoms with Crippen molar-refractivity contribution < 1.29 is 23.1 Å². The van der Waals surface area contributed by atoms with Crippen LogP contribution in [0.5, 0.6) is 0 Å². The normalized spacial score (nSPS) is 23.7. The Hall–Kier alpha value is -1.93. The molecule has 0 unspecified atom stereocenters. The molecule has 3 N–H and O–H groups in total. The lowest BCUT2D eigenvalue weighted by Crippen LogP contribution is -2.30. The van der Waals surface area contributed by atoms with Crippen LogP contribution in [-0.2, 0) is 14.8 Å². The van der Waals surface area contributed by atoms with Crippen LogP contribution >= 0.6 is 0 Å². The van der Waals surface area contributed by atoms with Gasteiger partial charge in [-0.05, 0) is 61.8 Å². The third kappa shape index (κ3) is 3.41. The number of carbonyl (C=O) groups excluding carboxylic acids is 1. The van der Waals surface area contributed by atoms with Crippen molar-refractivity contribution in [3.05, 3.63) is 28.8 Å². The van der Waals surface area contributed by atoms with Gasteiger partial charge in [0.25, 0.3) is 5.91 Å². The average Bonchev–Trinajstić information content (AvgIpc) is 3.26. The molecule has 0 bridgehead atoms. The summed E-state index contributed by atoms with van der Waals surface area (Å²) in [6.07, 6.45) is 2.02. The monoisotopic (exact) mass is 366 g/mol. The molecule has 1 saturated heterocycles. The zero-order chi connectivity index (χ0) is 18.5. The third-order valence-electron chi connectivity index (χ3n) is 5.37. The highest BCUT2D eigenvalue weighted by atomic mass is 32.2. The first kappa shape index (κ1) is 17.9. The van der Waals surface area contributed by atoms with E-state index in [4.69, 9.17) is 5.14 Å². The number of aryl methyl sites for hydroxylation is 1. The van der Waals surface area contributed by atoms with Crippen molar-refractivity contribution in [2.75, 3.05) is 13.1 Å². The van der Waals surface area contributed by atoms with Crippen LogP contribution < -0.4 is 5.14 Å². The molecule has 1 amide bonds. The standard InChI is InChI=1S/C17H22N2O5S/c1-9-5-12(6-15(10(9)2)25(18,23)24)16(20)19-7-13(11-3-4-11)14(8-19)17(21)22/h5-6,11,13-14H,3-4,7-8H2,1-2H3,(H,21,22)(H2,18,23,24)/t13-,14+/m1/s1. The fraction of sp³-hybridized carbons (Fsp3) is 0.529. The number of amides is 1. The minimum absolute atomic E-state index is 0.0225. The van der Waals surface area contributed by atoms with E-state index in [9.17, 15) is 23.1 Å². The minimum atomic E-state index is -3.94. The summed E-state index contributed by atoms with van der Waals surface area (Å²) in [6.45, 7) is 3.92. The molecule has 8 heteroatoms. The summed E-state index contributed by atoms with van der Waals surface area (Å²) < 4.78 is 23.5. The Balaban J connectivity index is 1.91. The number of carboxylic acid groups (broad SMARTS) is 1. The second kappa shape index (κ2) is 6.10. The van der Waals surface area contributed by atoms with E-state index in [0.29, 0.717) is 23.6 Å². The highest BCUT2D eigenvalue weighted by Gasteiger charge is 2.47. The van der Waals surface area contributed by atoms with Gasteiger partial charge in [0.1, 0.15) is 0 Å². The number of sulfonamides is 1. The largest absolute Gasteiger partial charge is 0.481 e. The minimum Gasteiger partial charge on any atom is -0.481 e. The number of primary sulfonamides is 1. The molecular formula is C17H22N2O5S. The Labute approximate surface area is 146 Å². The number of hydrogen-bond donors (Lipinski definition) is 2. The van der Waals surface area contributed by atoms with E-state index < -0.39 is 21.9 Å². The first-order chi connectivity index (χ1) is 11.6.